The molecule has 0 bridgehead atoms. The highest BCUT2D eigenvalue weighted by atomic mass is 35.5. The molecule has 0 atom stereocenters. The van der Waals surface area contributed by atoms with Crippen LogP contribution < -0.4 is 5.32 Å². The van der Waals surface area contributed by atoms with E-state index >= 15 is 0 Å². The van der Waals surface area contributed by atoms with Crippen LogP contribution in [0.15, 0.2) is 48.5 Å². The molecule has 1 aliphatic heterocycles. The first-order chi connectivity index (χ1) is 14.0. The number of rotatable bonds is 8. The Bertz CT molecular complexity index is 768. The zero-order valence-corrected chi connectivity index (χ0v) is 18.2. The van der Waals surface area contributed by atoms with E-state index in [1.54, 1.807) is 0 Å². The number of carbonyl (C=O) groups is 1. The Hall–Kier alpha value is -2.08. The van der Waals surface area contributed by atoms with Crippen molar-refractivity contribution in [1.82, 2.24) is 14.7 Å². The number of benzene rings is 2. The van der Waals surface area contributed by atoms with Crippen LogP contribution in [0.5, 0.6) is 0 Å². The molecule has 0 unspecified atom stereocenters. The van der Waals surface area contributed by atoms with Crippen LogP contribution in [-0.2, 0) is 6.42 Å². The average Bonchev–Trinajstić information content (AvgIpc) is 2.73. The molecular weight excluding hydrogens is 384 g/mol. The summed E-state index contributed by atoms with van der Waals surface area (Å²) in [5.74, 6) is 0.127. The number of likely N-dealkylation sites (N-methyl/N-ethyl adjacent to an activating group) is 1. The minimum absolute atomic E-state index is 0.127. The smallest absolute Gasteiger partial charge is 0.253 e. The van der Waals surface area contributed by atoms with Gasteiger partial charge in [0.25, 0.3) is 5.91 Å². The number of halogens is 1. The lowest BCUT2D eigenvalue weighted by Crippen LogP contribution is -2.49. The molecule has 1 N–H and O–H groups in total. The zero-order valence-electron chi connectivity index (χ0n) is 17.4. The van der Waals surface area contributed by atoms with Crippen LogP contribution in [0.1, 0.15) is 15.9 Å². The highest BCUT2D eigenvalue weighted by Gasteiger charge is 2.21. The van der Waals surface area contributed by atoms with Gasteiger partial charge in [0, 0.05) is 62.1 Å². The van der Waals surface area contributed by atoms with Crippen molar-refractivity contribution < 1.29 is 4.79 Å². The van der Waals surface area contributed by atoms with Gasteiger partial charge in [0.1, 0.15) is 0 Å². The summed E-state index contributed by atoms with van der Waals surface area (Å²) in [6.07, 6.45) is 1.01. The van der Waals surface area contributed by atoms with E-state index in [0.717, 1.165) is 68.5 Å². The fourth-order valence-corrected chi connectivity index (χ4v) is 3.58. The molecular formula is C23H31ClN4O. The molecule has 1 aliphatic rings. The molecule has 1 saturated heterocycles. The number of nitrogens with one attached hydrogen (secondary N) is 1. The van der Waals surface area contributed by atoms with E-state index in [2.05, 4.69) is 41.3 Å². The number of piperazine rings is 1. The van der Waals surface area contributed by atoms with Gasteiger partial charge in [-0.1, -0.05) is 23.7 Å². The van der Waals surface area contributed by atoms with E-state index in [1.165, 1.54) is 5.56 Å². The Kier molecular flexibility index (Phi) is 7.92. The van der Waals surface area contributed by atoms with Crippen LogP contribution in [0.25, 0.3) is 0 Å². The van der Waals surface area contributed by atoms with Crippen molar-refractivity contribution in [3.63, 3.8) is 0 Å². The third kappa shape index (κ3) is 6.74. The van der Waals surface area contributed by atoms with Crippen molar-refractivity contribution in [3.05, 3.63) is 64.7 Å². The van der Waals surface area contributed by atoms with Crippen molar-refractivity contribution in [1.29, 1.82) is 0 Å². The Balaban J connectivity index is 1.42. The third-order valence-electron chi connectivity index (χ3n) is 5.31. The van der Waals surface area contributed by atoms with Crippen LogP contribution in [0.2, 0.25) is 5.02 Å². The normalized spacial score (nSPS) is 15.0. The van der Waals surface area contributed by atoms with E-state index in [-0.39, 0.29) is 5.91 Å². The summed E-state index contributed by atoms with van der Waals surface area (Å²) in [7, 11) is 4.11. The van der Waals surface area contributed by atoms with Gasteiger partial charge >= 0.3 is 0 Å². The lowest BCUT2D eigenvalue weighted by Gasteiger charge is -2.34. The van der Waals surface area contributed by atoms with Crippen molar-refractivity contribution in [3.8, 4) is 0 Å². The van der Waals surface area contributed by atoms with E-state index in [1.807, 2.05) is 41.3 Å². The molecule has 6 heteroatoms. The van der Waals surface area contributed by atoms with Crippen LogP contribution in [0.3, 0.4) is 0 Å². The number of amides is 1. The van der Waals surface area contributed by atoms with Gasteiger partial charge in [-0.15, -0.1) is 0 Å². The quantitative estimate of drug-likeness (QED) is 0.719. The van der Waals surface area contributed by atoms with Crippen molar-refractivity contribution in [2.45, 2.75) is 6.42 Å². The molecule has 0 radical (unpaired) electrons. The first-order valence-corrected chi connectivity index (χ1v) is 10.6. The standard InChI is InChI=1S/C23H31ClN4O/c1-26(2)14-12-25-22-9-5-20(6-10-22)23(29)28-17-15-27(16-18-28)13-11-19-3-7-21(24)8-4-19/h3-10,25H,11-18H2,1-2H3. The molecule has 29 heavy (non-hydrogen) atoms. The molecule has 0 aromatic heterocycles. The molecule has 2 aromatic carbocycles. The van der Waals surface area contributed by atoms with E-state index in [9.17, 15) is 4.79 Å². The minimum Gasteiger partial charge on any atom is -0.384 e. The second-order valence-electron chi connectivity index (χ2n) is 7.82. The van der Waals surface area contributed by atoms with Gasteiger partial charge in [-0.3, -0.25) is 9.69 Å². The Morgan fingerprint density at radius 3 is 2.28 bits per heavy atom. The largest absolute Gasteiger partial charge is 0.384 e. The fourth-order valence-electron chi connectivity index (χ4n) is 3.45. The summed E-state index contributed by atoms with van der Waals surface area (Å²) in [6.45, 7) is 6.27. The Morgan fingerprint density at radius 2 is 1.66 bits per heavy atom. The van der Waals surface area contributed by atoms with Gasteiger partial charge in [-0.05, 0) is 62.5 Å². The van der Waals surface area contributed by atoms with E-state index < -0.39 is 0 Å². The molecule has 156 valence electrons. The molecule has 3 rings (SSSR count). The Labute approximate surface area is 179 Å². The SMILES string of the molecule is CN(C)CCNc1ccc(C(=O)N2CCN(CCc3ccc(Cl)cc3)CC2)cc1. The molecule has 0 spiro atoms. The molecule has 0 saturated carbocycles. The second-order valence-corrected chi connectivity index (χ2v) is 8.25. The predicted molar refractivity (Wildman–Crippen MR) is 121 cm³/mol. The summed E-state index contributed by atoms with van der Waals surface area (Å²) >= 11 is 5.95. The first kappa shape index (κ1) is 21.6. The zero-order chi connectivity index (χ0) is 20.6. The second kappa shape index (κ2) is 10.6. The molecule has 1 fully saturated rings. The molecule has 1 amide bonds. The number of hydrogen-bond donors (Lipinski definition) is 1. The number of carbonyl (C=O) groups excluding carboxylic acids is 1. The maximum atomic E-state index is 12.8. The van der Waals surface area contributed by atoms with Crippen LogP contribution >= 0.6 is 11.6 Å². The van der Waals surface area contributed by atoms with E-state index in [0.29, 0.717) is 0 Å². The monoisotopic (exact) mass is 414 g/mol. The summed E-state index contributed by atoms with van der Waals surface area (Å²) in [5.41, 5.74) is 3.11. The van der Waals surface area contributed by atoms with Gasteiger partial charge in [-0.25, -0.2) is 0 Å². The summed E-state index contributed by atoms with van der Waals surface area (Å²) in [6, 6.07) is 15.9. The van der Waals surface area contributed by atoms with Crippen molar-refractivity contribution in [2.24, 2.45) is 0 Å². The van der Waals surface area contributed by atoms with Crippen LogP contribution in [0, 0.1) is 0 Å². The van der Waals surface area contributed by atoms with Crippen molar-refractivity contribution >= 4 is 23.2 Å². The minimum atomic E-state index is 0.127. The van der Waals surface area contributed by atoms with E-state index in [4.69, 9.17) is 11.6 Å². The highest BCUT2D eigenvalue weighted by molar-refractivity contribution is 6.30. The van der Waals surface area contributed by atoms with Gasteiger partial charge in [0.15, 0.2) is 0 Å². The van der Waals surface area contributed by atoms with Crippen molar-refractivity contribution in [2.75, 3.05) is 65.2 Å². The maximum absolute atomic E-state index is 12.8. The number of hydrogen-bond acceptors (Lipinski definition) is 4. The Morgan fingerprint density at radius 1 is 1.00 bits per heavy atom. The molecule has 1 heterocycles. The predicted octanol–water partition coefficient (Wildman–Crippen LogP) is 3.31. The molecule has 0 aliphatic carbocycles. The highest BCUT2D eigenvalue weighted by Crippen LogP contribution is 2.14. The summed E-state index contributed by atoms with van der Waals surface area (Å²) < 4.78 is 0. The fraction of sp³-hybridized carbons (Fsp3) is 0.435. The van der Waals surface area contributed by atoms with Gasteiger partial charge in [0.2, 0.25) is 0 Å². The topological polar surface area (TPSA) is 38.8 Å². The molecule has 2 aromatic rings. The lowest BCUT2D eigenvalue weighted by molar-refractivity contribution is 0.0638. The molecule has 5 nitrogen and oxygen atoms in total. The summed E-state index contributed by atoms with van der Waals surface area (Å²) in [4.78, 5) is 19.3. The van der Waals surface area contributed by atoms with Gasteiger partial charge < -0.3 is 15.1 Å². The average molecular weight is 415 g/mol. The van der Waals surface area contributed by atoms with Gasteiger partial charge in [0.05, 0.1) is 0 Å². The van der Waals surface area contributed by atoms with Crippen LogP contribution in [0.4, 0.5) is 5.69 Å². The number of nitrogens with zero attached hydrogens (tertiary/aromatic N) is 3. The summed E-state index contributed by atoms with van der Waals surface area (Å²) in [5, 5.41) is 4.15. The van der Waals surface area contributed by atoms with Crippen LogP contribution in [-0.4, -0.2) is 80.5 Å². The third-order valence-corrected chi connectivity index (χ3v) is 5.56. The van der Waals surface area contributed by atoms with Gasteiger partial charge in [-0.2, -0.15) is 0 Å². The lowest BCUT2D eigenvalue weighted by atomic mass is 10.1. The maximum Gasteiger partial charge on any atom is 0.253 e. The number of anilines is 1. The first-order valence-electron chi connectivity index (χ1n) is 10.3.